The van der Waals surface area contributed by atoms with Gasteiger partial charge in [0.25, 0.3) is 0 Å². The number of thiazole rings is 1. The Bertz CT molecular complexity index is 1450. The summed E-state index contributed by atoms with van der Waals surface area (Å²) in [7, 11) is 0. The second-order valence-electron chi connectivity index (χ2n) is 6.52. The highest BCUT2D eigenvalue weighted by atomic mass is 32.1. The van der Waals surface area contributed by atoms with Gasteiger partial charge in [-0.1, -0.05) is 0 Å². The minimum absolute atomic E-state index is 0.968. The number of pyridine rings is 1. The summed E-state index contributed by atoms with van der Waals surface area (Å²) >= 11 is 3.39. The molecule has 2 aromatic carbocycles. The Balaban J connectivity index is 1.48. The lowest BCUT2D eigenvalue weighted by atomic mass is 10.1. The summed E-state index contributed by atoms with van der Waals surface area (Å²) in [5, 5.41) is 15.0. The molecule has 6 aromatic rings. The molecule has 134 valence electrons. The maximum atomic E-state index is 4.61. The summed E-state index contributed by atoms with van der Waals surface area (Å²) in [5.74, 6) is 0. The van der Waals surface area contributed by atoms with Gasteiger partial charge in [0, 0.05) is 50.4 Å². The third-order valence-electron chi connectivity index (χ3n) is 4.86. The molecule has 0 bridgehead atoms. The zero-order valence-electron chi connectivity index (χ0n) is 14.5. The Morgan fingerprint density at radius 3 is 2.82 bits per heavy atom. The average Bonchev–Trinajstić information content (AvgIpc) is 3.46. The fourth-order valence-electron chi connectivity index (χ4n) is 3.49. The Labute approximate surface area is 167 Å². The van der Waals surface area contributed by atoms with Gasteiger partial charge in [-0.3, -0.25) is 10.1 Å². The van der Waals surface area contributed by atoms with Crippen LogP contribution in [-0.2, 0) is 0 Å². The monoisotopic (exact) mass is 399 g/mol. The van der Waals surface area contributed by atoms with E-state index in [0.717, 1.165) is 33.4 Å². The summed E-state index contributed by atoms with van der Waals surface area (Å²) in [6, 6.07) is 12.7. The predicted octanol–water partition coefficient (Wildman–Crippen LogP) is 6.19. The van der Waals surface area contributed by atoms with E-state index in [0.29, 0.717) is 0 Å². The summed E-state index contributed by atoms with van der Waals surface area (Å²) < 4.78 is 2.42. The topological polar surface area (TPSA) is 66.5 Å². The first kappa shape index (κ1) is 15.7. The maximum absolute atomic E-state index is 4.61. The molecular formula is C21H13N5S2. The molecule has 0 aliphatic heterocycles. The van der Waals surface area contributed by atoms with E-state index >= 15 is 0 Å². The van der Waals surface area contributed by atoms with Crippen molar-refractivity contribution < 1.29 is 0 Å². The highest BCUT2D eigenvalue weighted by molar-refractivity contribution is 7.18. The van der Waals surface area contributed by atoms with Gasteiger partial charge in [0.1, 0.15) is 0 Å². The van der Waals surface area contributed by atoms with E-state index in [9.17, 15) is 0 Å². The molecule has 0 aliphatic rings. The van der Waals surface area contributed by atoms with Gasteiger partial charge in [-0.15, -0.1) is 22.7 Å². The molecule has 0 fully saturated rings. The first-order chi connectivity index (χ1) is 13.8. The number of hydrogen-bond donors (Lipinski definition) is 2. The van der Waals surface area contributed by atoms with Gasteiger partial charge in [-0.05, 0) is 41.8 Å². The van der Waals surface area contributed by atoms with Gasteiger partial charge < -0.3 is 5.32 Å². The molecule has 0 saturated heterocycles. The zero-order chi connectivity index (χ0) is 18.5. The van der Waals surface area contributed by atoms with Crippen molar-refractivity contribution in [3.05, 3.63) is 65.9 Å². The van der Waals surface area contributed by atoms with E-state index in [4.69, 9.17) is 0 Å². The van der Waals surface area contributed by atoms with Crippen LogP contribution in [0.5, 0.6) is 0 Å². The van der Waals surface area contributed by atoms with Gasteiger partial charge in [0.2, 0.25) is 0 Å². The minimum atomic E-state index is 0.968. The van der Waals surface area contributed by atoms with Gasteiger partial charge in [0.15, 0.2) is 0 Å². The van der Waals surface area contributed by atoms with Crippen molar-refractivity contribution in [2.45, 2.75) is 0 Å². The number of aromatic amines is 1. The van der Waals surface area contributed by atoms with Crippen LogP contribution >= 0.6 is 22.7 Å². The van der Waals surface area contributed by atoms with Gasteiger partial charge >= 0.3 is 0 Å². The number of hydrogen-bond acceptors (Lipinski definition) is 6. The predicted molar refractivity (Wildman–Crippen MR) is 118 cm³/mol. The van der Waals surface area contributed by atoms with Crippen LogP contribution < -0.4 is 5.32 Å². The molecule has 4 heterocycles. The number of nitrogens with one attached hydrogen (secondary N) is 2. The van der Waals surface area contributed by atoms with Crippen molar-refractivity contribution in [2.24, 2.45) is 0 Å². The Morgan fingerprint density at radius 1 is 0.893 bits per heavy atom. The molecule has 4 aromatic heterocycles. The summed E-state index contributed by atoms with van der Waals surface area (Å²) in [4.78, 5) is 9.02. The number of thiophene rings is 1. The van der Waals surface area contributed by atoms with Gasteiger partial charge in [-0.25, -0.2) is 4.98 Å². The maximum Gasteiger partial charge on any atom is 0.0832 e. The average molecular weight is 400 g/mol. The minimum Gasteiger partial charge on any atom is -0.355 e. The molecule has 0 amide bonds. The van der Waals surface area contributed by atoms with E-state index in [1.54, 1.807) is 22.7 Å². The third-order valence-corrected chi connectivity index (χ3v) is 6.61. The van der Waals surface area contributed by atoms with Crippen LogP contribution in [0.15, 0.2) is 65.9 Å². The SMILES string of the molecule is c1cc(Nc2ccc3scnc3c2)c2cc3scc(-c4cn[nH]c4)c3cc2n1. The first-order valence-corrected chi connectivity index (χ1v) is 10.5. The Kier molecular flexibility index (Phi) is 3.44. The Hall–Kier alpha value is -3.29. The first-order valence-electron chi connectivity index (χ1n) is 8.74. The van der Waals surface area contributed by atoms with E-state index in [-0.39, 0.29) is 0 Å². The molecule has 0 saturated carbocycles. The molecule has 28 heavy (non-hydrogen) atoms. The van der Waals surface area contributed by atoms with Crippen LogP contribution in [-0.4, -0.2) is 20.2 Å². The number of fused-ring (bicyclic) bond motifs is 3. The highest BCUT2D eigenvalue weighted by Gasteiger charge is 2.11. The van der Waals surface area contributed by atoms with Crippen LogP contribution in [0.2, 0.25) is 0 Å². The number of nitrogens with zero attached hydrogens (tertiary/aromatic N) is 3. The fraction of sp³-hybridized carbons (Fsp3) is 0. The second-order valence-corrected chi connectivity index (χ2v) is 8.32. The lowest BCUT2D eigenvalue weighted by molar-refractivity contribution is 1.09. The van der Waals surface area contributed by atoms with Crippen molar-refractivity contribution in [1.82, 2.24) is 20.2 Å². The third kappa shape index (κ3) is 2.48. The molecule has 0 radical (unpaired) electrons. The highest BCUT2D eigenvalue weighted by Crippen LogP contribution is 2.38. The quantitative estimate of drug-likeness (QED) is 0.372. The molecule has 2 N–H and O–H groups in total. The van der Waals surface area contributed by atoms with Crippen molar-refractivity contribution in [3.63, 3.8) is 0 Å². The van der Waals surface area contributed by atoms with E-state index in [2.05, 4.69) is 61.2 Å². The van der Waals surface area contributed by atoms with Crippen LogP contribution in [0.1, 0.15) is 0 Å². The molecule has 6 rings (SSSR count). The summed E-state index contributed by atoms with van der Waals surface area (Å²) in [5.41, 5.74) is 8.20. The van der Waals surface area contributed by atoms with Crippen molar-refractivity contribution >= 4 is 65.3 Å². The number of anilines is 2. The van der Waals surface area contributed by atoms with Crippen molar-refractivity contribution in [1.29, 1.82) is 0 Å². The molecular weight excluding hydrogens is 386 g/mol. The number of benzene rings is 2. The Morgan fingerprint density at radius 2 is 1.89 bits per heavy atom. The zero-order valence-corrected chi connectivity index (χ0v) is 16.1. The molecule has 7 heteroatoms. The van der Waals surface area contributed by atoms with Crippen LogP contribution in [0.25, 0.3) is 42.3 Å². The fourth-order valence-corrected chi connectivity index (χ4v) is 5.14. The normalized spacial score (nSPS) is 11.6. The van der Waals surface area contributed by atoms with Crippen LogP contribution in [0, 0.1) is 0 Å². The van der Waals surface area contributed by atoms with Crippen LogP contribution in [0.3, 0.4) is 0 Å². The lowest BCUT2D eigenvalue weighted by Gasteiger charge is -2.10. The summed E-state index contributed by atoms with van der Waals surface area (Å²) in [6.45, 7) is 0. The number of aromatic nitrogens is 4. The van der Waals surface area contributed by atoms with E-state index in [1.807, 2.05) is 30.2 Å². The lowest BCUT2D eigenvalue weighted by Crippen LogP contribution is -1.92. The van der Waals surface area contributed by atoms with Crippen LogP contribution in [0.4, 0.5) is 11.4 Å². The second kappa shape index (κ2) is 6.12. The smallest absolute Gasteiger partial charge is 0.0832 e. The van der Waals surface area contributed by atoms with Crippen molar-refractivity contribution in [3.8, 4) is 11.1 Å². The number of H-pyrrole nitrogens is 1. The van der Waals surface area contributed by atoms with Gasteiger partial charge in [0.05, 0.1) is 27.4 Å². The van der Waals surface area contributed by atoms with E-state index < -0.39 is 0 Å². The molecule has 5 nitrogen and oxygen atoms in total. The van der Waals surface area contributed by atoms with Gasteiger partial charge in [-0.2, -0.15) is 5.10 Å². The molecule has 0 spiro atoms. The van der Waals surface area contributed by atoms with Crippen molar-refractivity contribution in [2.75, 3.05) is 5.32 Å². The standard InChI is InChI=1S/C21H13N5S2/c1-2-20-19(23-11-28-20)5-13(1)26-17-3-4-22-18-6-14-16(12-8-24-25-9-12)10-27-21(14)7-15(17)18/h1-11H,(H,22,26)(H,24,25). The van der Waals surface area contributed by atoms with E-state index in [1.165, 1.54) is 20.3 Å². The number of rotatable bonds is 3. The largest absolute Gasteiger partial charge is 0.355 e. The summed E-state index contributed by atoms with van der Waals surface area (Å²) in [6.07, 6.45) is 5.62. The molecule has 0 unspecified atom stereocenters. The molecule has 0 aliphatic carbocycles. The molecule has 0 atom stereocenters.